The number of hydrogen-bond acceptors (Lipinski definition) is 7. The molecule has 32 heavy (non-hydrogen) atoms. The largest absolute Gasteiger partial charge is 0.481 e. The van der Waals surface area contributed by atoms with Gasteiger partial charge in [-0.25, -0.2) is 0 Å². The van der Waals surface area contributed by atoms with E-state index in [-0.39, 0.29) is 31.3 Å². The SMILES string of the molecule is CC(NC(=O)C(CCCN=C(N)N)NC(=O)C(CC(=O)O)NC(=O)C(N)C(C)C)C(=O)O. The Hall–Kier alpha value is -3.42. The first-order chi connectivity index (χ1) is 14.8. The van der Waals surface area contributed by atoms with Gasteiger partial charge < -0.3 is 43.4 Å². The first-order valence-corrected chi connectivity index (χ1v) is 9.92. The molecule has 11 N–H and O–H groups in total. The molecule has 14 nitrogen and oxygen atoms in total. The number of rotatable bonds is 14. The number of aliphatic imine (C=N–C) groups is 1. The van der Waals surface area contributed by atoms with Crippen LogP contribution in [0.1, 0.15) is 40.0 Å². The van der Waals surface area contributed by atoms with Gasteiger partial charge in [-0.2, -0.15) is 0 Å². The van der Waals surface area contributed by atoms with Crippen LogP contribution in [0.25, 0.3) is 0 Å². The monoisotopic (exact) mass is 459 g/mol. The second kappa shape index (κ2) is 13.8. The molecule has 3 amide bonds. The van der Waals surface area contributed by atoms with Crippen molar-refractivity contribution in [2.24, 2.45) is 28.1 Å². The maximum atomic E-state index is 12.7. The van der Waals surface area contributed by atoms with Crippen molar-refractivity contribution < 1.29 is 34.2 Å². The lowest BCUT2D eigenvalue weighted by Crippen LogP contribution is -2.57. The molecule has 0 aliphatic carbocycles. The van der Waals surface area contributed by atoms with Crippen molar-refractivity contribution in [2.45, 2.75) is 64.2 Å². The molecule has 182 valence electrons. The van der Waals surface area contributed by atoms with E-state index in [1.165, 1.54) is 6.92 Å². The van der Waals surface area contributed by atoms with Crippen molar-refractivity contribution in [2.75, 3.05) is 6.54 Å². The number of carboxylic acids is 2. The smallest absolute Gasteiger partial charge is 0.325 e. The number of guanidine groups is 1. The molecule has 4 unspecified atom stereocenters. The van der Waals surface area contributed by atoms with Crippen molar-refractivity contribution >= 4 is 35.6 Å². The predicted octanol–water partition coefficient (Wildman–Crippen LogP) is -2.94. The second-order valence-electron chi connectivity index (χ2n) is 7.51. The van der Waals surface area contributed by atoms with Crippen LogP contribution in [0.2, 0.25) is 0 Å². The van der Waals surface area contributed by atoms with Gasteiger partial charge in [-0.15, -0.1) is 0 Å². The van der Waals surface area contributed by atoms with E-state index in [0.717, 1.165) is 0 Å². The van der Waals surface area contributed by atoms with Gasteiger partial charge in [-0.1, -0.05) is 13.8 Å². The highest BCUT2D eigenvalue weighted by Crippen LogP contribution is 2.04. The minimum Gasteiger partial charge on any atom is -0.481 e. The highest BCUT2D eigenvalue weighted by molar-refractivity contribution is 5.95. The standard InChI is InChI=1S/C18H33N7O7/c1-8(2)13(19)16(30)25-11(7-12(26)27)15(29)24-10(5-4-6-22-18(20)21)14(28)23-9(3)17(31)32/h8-11,13H,4-7,19H2,1-3H3,(H,23,28)(H,24,29)(H,25,30)(H,26,27)(H,31,32)(H4,20,21,22). The third-order valence-corrected chi connectivity index (χ3v) is 4.34. The van der Waals surface area contributed by atoms with Crippen LogP contribution in [0.15, 0.2) is 4.99 Å². The van der Waals surface area contributed by atoms with Crippen LogP contribution in [0.5, 0.6) is 0 Å². The number of carbonyl (C=O) groups excluding carboxylic acids is 3. The Labute approximate surface area is 185 Å². The fourth-order valence-corrected chi connectivity index (χ4v) is 2.38. The van der Waals surface area contributed by atoms with Crippen LogP contribution in [-0.4, -0.2) is 76.5 Å². The summed E-state index contributed by atoms with van der Waals surface area (Å²) in [5, 5.41) is 24.9. The summed E-state index contributed by atoms with van der Waals surface area (Å²) >= 11 is 0. The minimum absolute atomic E-state index is 0.0138. The molecule has 0 saturated carbocycles. The molecule has 0 aromatic heterocycles. The van der Waals surface area contributed by atoms with Gasteiger partial charge in [0.15, 0.2) is 5.96 Å². The molecule has 4 atom stereocenters. The number of hydrogen-bond donors (Lipinski definition) is 8. The number of amides is 3. The van der Waals surface area contributed by atoms with Gasteiger partial charge in [0, 0.05) is 6.54 Å². The zero-order valence-corrected chi connectivity index (χ0v) is 18.3. The van der Waals surface area contributed by atoms with Crippen LogP contribution in [0.4, 0.5) is 0 Å². The molecule has 0 aromatic carbocycles. The summed E-state index contributed by atoms with van der Waals surface area (Å²) in [6.45, 7) is 4.72. The summed E-state index contributed by atoms with van der Waals surface area (Å²) in [6.07, 6.45) is -0.498. The molecule has 0 fully saturated rings. The van der Waals surface area contributed by atoms with E-state index in [0.29, 0.717) is 0 Å². The fraction of sp³-hybridized carbons (Fsp3) is 0.667. The van der Waals surface area contributed by atoms with Crippen LogP contribution in [0.3, 0.4) is 0 Å². The predicted molar refractivity (Wildman–Crippen MR) is 114 cm³/mol. The number of nitrogens with zero attached hydrogens (tertiary/aromatic N) is 1. The summed E-state index contributed by atoms with van der Waals surface area (Å²) in [5.74, 6) is -5.57. The molecular formula is C18H33N7O7. The van der Waals surface area contributed by atoms with Gasteiger partial charge in [0.05, 0.1) is 12.5 Å². The Morgan fingerprint density at radius 1 is 0.875 bits per heavy atom. The number of carbonyl (C=O) groups is 5. The van der Waals surface area contributed by atoms with Crippen LogP contribution in [0, 0.1) is 5.92 Å². The summed E-state index contributed by atoms with van der Waals surface area (Å²) in [7, 11) is 0. The van der Waals surface area contributed by atoms with Crippen molar-refractivity contribution in [1.82, 2.24) is 16.0 Å². The summed E-state index contributed by atoms with van der Waals surface area (Å²) in [5.41, 5.74) is 16.2. The van der Waals surface area contributed by atoms with E-state index in [1.807, 2.05) is 0 Å². The number of nitrogens with two attached hydrogens (primary N) is 3. The van der Waals surface area contributed by atoms with Gasteiger partial charge in [0.2, 0.25) is 17.7 Å². The van der Waals surface area contributed by atoms with E-state index in [2.05, 4.69) is 20.9 Å². The second-order valence-corrected chi connectivity index (χ2v) is 7.51. The number of nitrogens with one attached hydrogen (secondary N) is 3. The Kier molecular flexibility index (Phi) is 12.3. The average Bonchev–Trinajstić information content (AvgIpc) is 2.67. The highest BCUT2D eigenvalue weighted by atomic mass is 16.4. The topological polar surface area (TPSA) is 252 Å². The zero-order valence-electron chi connectivity index (χ0n) is 18.3. The van der Waals surface area contributed by atoms with Gasteiger partial charge in [0.25, 0.3) is 0 Å². The van der Waals surface area contributed by atoms with Crippen molar-refractivity contribution in [3.05, 3.63) is 0 Å². The number of aliphatic carboxylic acids is 2. The van der Waals surface area contributed by atoms with Crippen LogP contribution >= 0.6 is 0 Å². The minimum atomic E-state index is -1.50. The van der Waals surface area contributed by atoms with Gasteiger partial charge in [0.1, 0.15) is 18.1 Å². The fourth-order valence-electron chi connectivity index (χ4n) is 2.38. The summed E-state index contributed by atoms with van der Waals surface area (Å²) in [6, 6.07) is -4.95. The molecule has 0 aliphatic heterocycles. The number of carboxylic acid groups (broad SMARTS) is 2. The molecular weight excluding hydrogens is 426 g/mol. The summed E-state index contributed by atoms with van der Waals surface area (Å²) < 4.78 is 0. The zero-order chi connectivity index (χ0) is 25.0. The van der Waals surface area contributed by atoms with E-state index in [4.69, 9.17) is 27.4 Å². The normalized spacial score (nSPS) is 14.4. The Morgan fingerprint density at radius 2 is 1.41 bits per heavy atom. The lowest BCUT2D eigenvalue weighted by molar-refractivity contribution is -0.143. The lowest BCUT2D eigenvalue weighted by atomic mass is 10.0. The van der Waals surface area contributed by atoms with E-state index >= 15 is 0 Å². The molecule has 0 aliphatic rings. The molecule has 0 heterocycles. The molecule has 0 radical (unpaired) electrons. The Balaban J connectivity index is 5.46. The highest BCUT2D eigenvalue weighted by Gasteiger charge is 2.31. The van der Waals surface area contributed by atoms with E-state index in [9.17, 15) is 24.0 Å². The first kappa shape index (κ1) is 28.6. The van der Waals surface area contributed by atoms with Crippen molar-refractivity contribution in [3.63, 3.8) is 0 Å². The van der Waals surface area contributed by atoms with E-state index in [1.54, 1.807) is 13.8 Å². The van der Waals surface area contributed by atoms with Crippen LogP contribution < -0.4 is 33.2 Å². The molecule has 0 bridgehead atoms. The molecule has 0 saturated heterocycles. The Morgan fingerprint density at radius 3 is 1.88 bits per heavy atom. The molecule has 0 aromatic rings. The van der Waals surface area contributed by atoms with Crippen molar-refractivity contribution in [3.8, 4) is 0 Å². The summed E-state index contributed by atoms with van der Waals surface area (Å²) in [4.78, 5) is 63.3. The van der Waals surface area contributed by atoms with Crippen LogP contribution in [-0.2, 0) is 24.0 Å². The molecule has 0 spiro atoms. The van der Waals surface area contributed by atoms with Gasteiger partial charge in [-0.3, -0.25) is 29.0 Å². The maximum absolute atomic E-state index is 12.7. The molecule has 0 rings (SSSR count). The molecule has 14 heteroatoms. The maximum Gasteiger partial charge on any atom is 0.325 e. The Bertz CT molecular complexity index is 722. The first-order valence-electron chi connectivity index (χ1n) is 9.92. The van der Waals surface area contributed by atoms with E-state index < -0.39 is 60.2 Å². The average molecular weight is 460 g/mol. The quantitative estimate of drug-likeness (QED) is 0.0744. The lowest BCUT2D eigenvalue weighted by Gasteiger charge is -2.24. The third kappa shape index (κ3) is 11.1. The third-order valence-electron chi connectivity index (χ3n) is 4.34. The van der Waals surface area contributed by atoms with Gasteiger partial charge in [-0.05, 0) is 25.7 Å². The van der Waals surface area contributed by atoms with Crippen molar-refractivity contribution in [1.29, 1.82) is 0 Å². The van der Waals surface area contributed by atoms with Gasteiger partial charge >= 0.3 is 11.9 Å².